The van der Waals surface area contributed by atoms with Crippen LogP contribution < -0.4 is 27.2 Å². The zero-order valence-electron chi connectivity index (χ0n) is 17.5. The standard InChI is InChI=1S/C18H35N5O6/c1-4-28-7-8-29-6-5-21-17(26)12-20-10-15(24)16(25)11-22-18(27)14(23-19)9-13(2)3/h13-14,20,23H,4-12,19H2,1-3H3,(H,21,26)(H,22,27)/t14-/m0/s1. The second-order valence-electron chi connectivity index (χ2n) is 6.68. The summed E-state index contributed by atoms with van der Waals surface area (Å²) in [6.07, 6.45) is 0.499. The lowest BCUT2D eigenvalue weighted by Crippen LogP contribution is -2.50. The summed E-state index contributed by atoms with van der Waals surface area (Å²) in [4.78, 5) is 47.1. The first-order valence-electron chi connectivity index (χ1n) is 9.74. The van der Waals surface area contributed by atoms with E-state index < -0.39 is 30.1 Å². The molecule has 0 aliphatic rings. The van der Waals surface area contributed by atoms with Crippen LogP contribution in [-0.2, 0) is 28.7 Å². The van der Waals surface area contributed by atoms with E-state index >= 15 is 0 Å². The Balaban J connectivity index is 3.88. The van der Waals surface area contributed by atoms with Crippen molar-refractivity contribution >= 4 is 23.4 Å². The molecule has 168 valence electrons. The van der Waals surface area contributed by atoms with Crippen molar-refractivity contribution in [2.75, 3.05) is 52.6 Å². The van der Waals surface area contributed by atoms with Gasteiger partial charge in [-0.1, -0.05) is 13.8 Å². The largest absolute Gasteiger partial charge is 0.379 e. The van der Waals surface area contributed by atoms with Gasteiger partial charge in [0, 0.05) is 13.2 Å². The maximum atomic E-state index is 11.9. The van der Waals surface area contributed by atoms with E-state index in [0.717, 1.165) is 0 Å². The molecule has 0 spiro atoms. The Morgan fingerprint density at radius 3 is 2.17 bits per heavy atom. The molecule has 11 heteroatoms. The van der Waals surface area contributed by atoms with Gasteiger partial charge in [-0.15, -0.1) is 0 Å². The highest BCUT2D eigenvalue weighted by Gasteiger charge is 2.20. The number of hydrogen-bond donors (Lipinski definition) is 5. The molecule has 0 radical (unpaired) electrons. The second kappa shape index (κ2) is 17.0. The predicted molar refractivity (Wildman–Crippen MR) is 107 cm³/mol. The number of nitrogens with one attached hydrogen (secondary N) is 4. The Morgan fingerprint density at radius 1 is 0.897 bits per heavy atom. The first-order chi connectivity index (χ1) is 13.8. The predicted octanol–water partition coefficient (Wildman–Crippen LogP) is -2.12. The van der Waals surface area contributed by atoms with Gasteiger partial charge < -0.3 is 25.4 Å². The molecular formula is C18H35N5O6. The van der Waals surface area contributed by atoms with Gasteiger partial charge >= 0.3 is 0 Å². The fourth-order valence-corrected chi connectivity index (χ4v) is 2.19. The zero-order valence-corrected chi connectivity index (χ0v) is 17.5. The third-order valence-corrected chi connectivity index (χ3v) is 3.67. The van der Waals surface area contributed by atoms with Crippen LogP contribution in [0.15, 0.2) is 0 Å². The molecule has 0 bridgehead atoms. The van der Waals surface area contributed by atoms with E-state index in [2.05, 4.69) is 21.4 Å². The van der Waals surface area contributed by atoms with Crippen molar-refractivity contribution < 1.29 is 28.7 Å². The van der Waals surface area contributed by atoms with Crippen LogP contribution in [-0.4, -0.2) is 82.0 Å². The number of carbonyl (C=O) groups is 4. The Kier molecular flexibility index (Phi) is 15.9. The zero-order chi connectivity index (χ0) is 22.1. The molecule has 29 heavy (non-hydrogen) atoms. The maximum absolute atomic E-state index is 11.9. The van der Waals surface area contributed by atoms with Gasteiger partial charge in [-0.25, -0.2) is 5.43 Å². The molecule has 0 rings (SSSR count). The van der Waals surface area contributed by atoms with Crippen molar-refractivity contribution in [3.63, 3.8) is 0 Å². The Labute approximate surface area is 171 Å². The molecule has 0 unspecified atom stereocenters. The van der Waals surface area contributed by atoms with Gasteiger partial charge in [0.2, 0.25) is 23.4 Å². The van der Waals surface area contributed by atoms with Crippen molar-refractivity contribution in [2.24, 2.45) is 11.8 Å². The molecule has 0 fully saturated rings. The lowest BCUT2D eigenvalue weighted by atomic mass is 10.0. The van der Waals surface area contributed by atoms with Crippen LogP contribution in [0, 0.1) is 5.92 Å². The molecule has 0 heterocycles. The van der Waals surface area contributed by atoms with E-state index in [4.69, 9.17) is 15.3 Å². The number of amides is 2. The summed E-state index contributed by atoms with van der Waals surface area (Å²) in [5.41, 5.74) is 2.39. The Morgan fingerprint density at radius 2 is 1.55 bits per heavy atom. The highest BCUT2D eigenvalue weighted by Crippen LogP contribution is 2.03. The quantitative estimate of drug-likeness (QED) is 0.0726. The number of nitrogens with two attached hydrogens (primary N) is 1. The number of carbonyl (C=O) groups excluding carboxylic acids is 4. The van der Waals surface area contributed by atoms with Crippen molar-refractivity contribution in [2.45, 2.75) is 33.2 Å². The Hall–Kier alpha value is -1.92. The molecule has 1 atom stereocenters. The minimum atomic E-state index is -0.755. The van der Waals surface area contributed by atoms with Gasteiger partial charge in [0.25, 0.3) is 0 Å². The van der Waals surface area contributed by atoms with Gasteiger partial charge in [-0.3, -0.25) is 25.0 Å². The lowest BCUT2D eigenvalue weighted by molar-refractivity contribution is -0.136. The van der Waals surface area contributed by atoms with Crippen molar-refractivity contribution in [3.05, 3.63) is 0 Å². The molecule has 0 aromatic rings. The van der Waals surface area contributed by atoms with E-state index in [1.54, 1.807) is 0 Å². The van der Waals surface area contributed by atoms with E-state index in [1.165, 1.54) is 0 Å². The third kappa shape index (κ3) is 14.7. The Bertz CT molecular complexity index is 515. The second-order valence-corrected chi connectivity index (χ2v) is 6.68. The van der Waals surface area contributed by atoms with Crippen LogP contribution >= 0.6 is 0 Å². The number of hydrogen-bond acceptors (Lipinski definition) is 9. The summed E-state index contributed by atoms with van der Waals surface area (Å²) in [5, 5.41) is 7.60. The number of ketones is 2. The minimum Gasteiger partial charge on any atom is -0.379 e. The normalized spacial score (nSPS) is 11.9. The molecule has 11 nitrogen and oxygen atoms in total. The van der Waals surface area contributed by atoms with Gasteiger partial charge in [0.05, 0.1) is 45.5 Å². The van der Waals surface area contributed by atoms with Crippen LogP contribution in [0.25, 0.3) is 0 Å². The first-order valence-corrected chi connectivity index (χ1v) is 9.74. The highest BCUT2D eigenvalue weighted by atomic mass is 16.5. The molecule has 6 N–H and O–H groups in total. The summed E-state index contributed by atoms with van der Waals surface area (Å²) < 4.78 is 10.4. The number of Topliss-reactive ketones (excluding diaryl/α,β-unsaturated/α-hetero) is 2. The topological polar surface area (TPSA) is 161 Å². The summed E-state index contributed by atoms with van der Waals surface area (Å²) in [6.45, 7) is 7.21. The van der Waals surface area contributed by atoms with Crippen molar-refractivity contribution in [1.82, 2.24) is 21.4 Å². The van der Waals surface area contributed by atoms with Crippen LogP contribution in [0.3, 0.4) is 0 Å². The van der Waals surface area contributed by atoms with Crippen LogP contribution in [0.2, 0.25) is 0 Å². The molecule has 0 aliphatic heterocycles. The van der Waals surface area contributed by atoms with Crippen LogP contribution in [0.1, 0.15) is 27.2 Å². The molecule has 0 saturated carbocycles. The fourth-order valence-electron chi connectivity index (χ4n) is 2.19. The summed E-state index contributed by atoms with van der Waals surface area (Å²) in [6, 6.07) is -0.636. The molecule has 2 amide bonds. The minimum absolute atomic E-state index is 0.113. The van der Waals surface area contributed by atoms with Crippen molar-refractivity contribution in [1.29, 1.82) is 0 Å². The van der Waals surface area contributed by atoms with E-state index in [0.29, 0.717) is 39.4 Å². The molecule has 0 aromatic carbocycles. The molecule has 0 aliphatic carbocycles. The van der Waals surface area contributed by atoms with Gasteiger partial charge in [-0.05, 0) is 19.3 Å². The van der Waals surface area contributed by atoms with E-state index in [-0.39, 0.29) is 24.9 Å². The number of hydrazine groups is 1. The average molecular weight is 418 g/mol. The molecular weight excluding hydrogens is 382 g/mol. The monoisotopic (exact) mass is 417 g/mol. The third-order valence-electron chi connectivity index (χ3n) is 3.67. The molecule has 0 saturated heterocycles. The lowest BCUT2D eigenvalue weighted by Gasteiger charge is -2.17. The molecule has 0 aromatic heterocycles. The van der Waals surface area contributed by atoms with Crippen molar-refractivity contribution in [3.8, 4) is 0 Å². The maximum Gasteiger partial charge on any atom is 0.238 e. The van der Waals surface area contributed by atoms with Crippen LogP contribution in [0.5, 0.6) is 0 Å². The fraction of sp³-hybridized carbons (Fsp3) is 0.778. The SMILES string of the molecule is CCOCCOCCNC(=O)CNCC(=O)C(=O)CNC(=O)[C@H](CC(C)C)NN. The van der Waals surface area contributed by atoms with Gasteiger partial charge in [0.15, 0.2) is 0 Å². The summed E-state index contributed by atoms with van der Waals surface area (Å²) >= 11 is 0. The van der Waals surface area contributed by atoms with E-state index in [9.17, 15) is 19.2 Å². The van der Waals surface area contributed by atoms with E-state index in [1.807, 2.05) is 20.8 Å². The first kappa shape index (κ1) is 27.1. The number of ether oxygens (including phenoxy) is 2. The smallest absolute Gasteiger partial charge is 0.238 e. The van der Waals surface area contributed by atoms with Crippen LogP contribution in [0.4, 0.5) is 0 Å². The number of rotatable bonds is 18. The summed E-state index contributed by atoms with van der Waals surface area (Å²) in [5.74, 6) is 3.31. The summed E-state index contributed by atoms with van der Waals surface area (Å²) in [7, 11) is 0. The highest BCUT2D eigenvalue weighted by molar-refractivity contribution is 6.39. The van der Waals surface area contributed by atoms with Gasteiger partial charge in [0.1, 0.15) is 0 Å². The average Bonchev–Trinajstić information content (AvgIpc) is 2.68. The van der Waals surface area contributed by atoms with Gasteiger partial charge in [-0.2, -0.15) is 0 Å².